The van der Waals surface area contributed by atoms with Gasteiger partial charge in [-0.25, -0.2) is 9.97 Å². The lowest BCUT2D eigenvalue weighted by Crippen LogP contribution is -2.14. The van der Waals surface area contributed by atoms with Gasteiger partial charge < -0.3 is 4.74 Å². The van der Waals surface area contributed by atoms with Gasteiger partial charge in [0.1, 0.15) is 11.4 Å². The molecule has 4 rings (SSSR count). The van der Waals surface area contributed by atoms with E-state index in [1.165, 1.54) is 19.5 Å². The number of amides is 1. The molecule has 4 aromatic heterocycles. The number of ether oxygens (including phenoxy) is 1. The molecule has 0 bridgehead atoms. The average molecular weight is 466 g/mol. The Balaban J connectivity index is 1.68. The number of methoxy groups -OCH3 is 1. The number of anilines is 1. The number of alkyl halides is 2. The summed E-state index contributed by atoms with van der Waals surface area (Å²) in [6.45, 7) is 3.67. The standard InChI is InChI=1S/C22H16F2N6O2S/c1-11-6-14(15-7-12(2)26-10-17(15)32-3)16(9-25-11)20(31)30-22-29-19-21(33-22)28-13(8-27-19)4-5-18(23)24/h6-10,18H,1-3H3,(H,27,29,30,31). The zero-order valence-electron chi connectivity index (χ0n) is 17.7. The lowest BCUT2D eigenvalue weighted by molar-refractivity contribution is 0.102. The van der Waals surface area contributed by atoms with Gasteiger partial charge >= 0.3 is 0 Å². The van der Waals surface area contributed by atoms with Crippen LogP contribution in [0.3, 0.4) is 0 Å². The lowest BCUT2D eigenvalue weighted by Gasteiger charge is -2.13. The highest BCUT2D eigenvalue weighted by Gasteiger charge is 2.19. The number of halogens is 2. The van der Waals surface area contributed by atoms with E-state index in [9.17, 15) is 13.6 Å². The number of carbonyl (C=O) groups excluding carboxylic acids is 1. The maximum absolute atomic E-state index is 13.1. The molecule has 1 N–H and O–H groups in total. The third-order valence-corrected chi connectivity index (χ3v) is 5.31. The summed E-state index contributed by atoms with van der Waals surface area (Å²) in [5, 5.41) is 2.98. The zero-order valence-corrected chi connectivity index (χ0v) is 18.5. The smallest absolute Gasteiger partial charge is 0.299 e. The molecule has 0 radical (unpaired) electrons. The van der Waals surface area contributed by atoms with Gasteiger partial charge in [-0.1, -0.05) is 11.3 Å². The first-order valence-electron chi connectivity index (χ1n) is 9.56. The Labute approximate surface area is 191 Å². The first-order chi connectivity index (χ1) is 15.8. The van der Waals surface area contributed by atoms with E-state index in [1.54, 1.807) is 18.2 Å². The molecule has 0 aliphatic carbocycles. The molecule has 0 spiro atoms. The fourth-order valence-corrected chi connectivity index (χ4v) is 3.80. The van der Waals surface area contributed by atoms with Gasteiger partial charge in [-0.2, -0.15) is 13.8 Å². The number of nitrogens with one attached hydrogen (secondary N) is 1. The summed E-state index contributed by atoms with van der Waals surface area (Å²) in [5.74, 6) is 4.07. The minimum atomic E-state index is -2.76. The maximum Gasteiger partial charge on any atom is 0.299 e. The highest BCUT2D eigenvalue weighted by molar-refractivity contribution is 7.21. The molecule has 4 aromatic rings. The second kappa shape index (κ2) is 9.22. The van der Waals surface area contributed by atoms with E-state index in [1.807, 2.05) is 19.9 Å². The zero-order chi connectivity index (χ0) is 23.5. The minimum Gasteiger partial charge on any atom is -0.494 e. The number of carbonyl (C=O) groups is 1. The molecule has 0 aliphatic rings. The molecule has 0 aromatic carbocycles. The molecule has 0 saturated heterocycles. The van der Waals surface area contributed by atoms with Crippen LogP contribution >= 0.6 is 11.3 Å². The van der Waals surface area contributed by atoms with Crippen LogP contribution < -0.4 is 10.1 Å². The van der Waals surface area contributed by atoms with Gasteiger partial charge in [-0.05, 0) is 37.8 Å². The van der Waals surface area contributed by atoms with Crippen LogP contribution in [0.1, 0.15) is 27.4 Å². The van der Waals surface area contributed by atoms with Gasteiger partial charge in [0.05, 0.1) is 25.1 Å². The van der Waals surface area contributed by atoms with Crippen molar-refractivity contribution in [2.24, 2.45) is 0 Å². The summed E-state index contributed by atoms with van der Waals surface area (Å²) in [4.78, 5) is 34.5. The topological polar surface area (TPSA) is 103 Å². The van der Waals surface area contributed by atoms with Crippen LogP contribution in [0.2, 0.25) is 0 Å². The molecule has 0 aliphatic heterocycles. The molecule has 0 unspecified atom stereocenters. The normalized spacial score (nSPS) is 10.7. The van der Waals surface area contributed by atoms with Crippen LogP contribution in [-0.2, 0) is 0 Å². The molecule has 0 atom stereocenters. The van der Waals surface area contributed by atoms with Crippen molar-refractivity contribution in [3.8, 4) is 28.7 Å². The Morgan fingerprint density at radius 2 is 1.79 bits per heavy atom. The molecule has 4 heterocycles. The van der Waals surface area contributed by atoms with Gasteiger partial charge in [0.25, 0.3) is 12.3 Å². The molecule has 166 valence electrons. The molecule has 1 amide bonds. The summed E-state index contributed by atoms with van der Waals surface area (Å²) in [7, 11) is 1.53. The number of fused-ring (bicyclic) bond motifs is 1. The molecule has 8 nitrogen and oxygen atoms in total. The van der Waals surface area contributed by atoms with Crippen LogP contribution in [0.5, 0.6) is 5.75 Å². The summed E-state index contributed by atoms with van der Waals surface area (Å²) in [6, 6.07) is 3.62. The monoisotopic (exact) mass is 466 g/mol. The van der Waals surface area contributed by atoms with Crippen molar-refractivity contribution in [3.63, 3.8) is 0 Å². The van der Waals surface area contributed by atoms with Crippen molar-refractivity contribution in [3.05, 3.63) is 53.4 Å². The second-order valence-corrected chi connectivity index (χ2v) is 7.80. The van der Waals surface area contributed by atoms with Gasteiger partial charge in [0.15, 0.2) is 15.6 Å². The predicted octanol–water partition coefficient (Wildman–Crippen LogP) is 4.04. The van der Waals surface area contributed by atoms with Crippen LogP contribution in [0.4, 0.5) is 13.9 Å². The third-order valence-electron chi connectivity index (χ3n) is 4.45. The van der Waals surface area contributed by atoms with Crippen LogP contribution in [0.25, 0.3) is 21.6 Å². The lowest BCUT2D eigenvalue weighted by atomic mass is 9.99. The number of nitrogens with zero attached hydrogens (tertiary/aromatic N) is 5. The van der Waals surface area contributed by atoms with Gasteiger partial charge in [-0.3, -0.25) is 20.1 Å². The highest BCUT2D eigenvalue weighted by Crippen LogP contribution is 2.33. The first kappa shape index (κ1) is 22.2. The van der Waals surface area contributed by atoms with Crippen LogP contribution in [-0.4, -0.2) is 44.4 Å². The van der Waals surface area contributed by atoms with Crippen molar-refractivity contribution in [2.75, 3.05) is 12.4 Å². The van der Waals surface area contributed by atoms with E-state index in [2.05, 4.69) is 36.2 Å². The predicted molar refractivity (Wildman–Crippen MR) is 120 cm³/mol. The first-order valence-corrected chi connectivity index (χ1v) is 10.4. The van der Waals surface area contributed by atoms with E-state index in [0.717, 1.165) is 22.7 Å². The van der Waals surface area contributed by atoms with Gasteiger partial charge in [-0.15, -0.1) is 0 Å². The molecular formula is C22H16F2N6O2S. The van der Waals surface area contributed by atoms with Crippen molar-refractivity contribution in [1.29, 1.82) is 0 Å². The molecule has 11 heteroatoms. The van der Waals surface area contributed by atoms with Crippen molar-refractivity contribution < 1.29 is 18.3 Å². The fourth-order valence-electron chi connectivity index (χ4n) is 3.01. The van der Waals surface area contributed by atoms with Crippen molar-refractivity contribution in [2.45, 2.75) is 20.3 Å². The summed E-state index contributed by atoms with van der Waals surface area (Å²) in [5.41, 5.74) is 3.50. The maximum atomic E-state index is 13.1. The average Bonchev–Trinajstić information content (AvgIpc) is 3.18. The van der Waals surface area contributed by atoms with E-state index < -0.39 is 12.3 Å². The van der Waals surface area contributed by atoms with Crippen molar-refractivity contribution >= 4 is 32.9 Å². The molecule has 33 heavy (non-hydrogen) atoms. The SMILES string of the molecule is COc1cnc(C)cc1-c1cc(C)ncc1C(=O)Nc1nc2ncc(C#CC(F)F)nc2s1. The molecule has 0 saturated carbocycles. The number of hydrogen-bond acceptors (Lipinski definition) is 8. The fraction of sp³-hybridized carbons (Fsp3) is 0.182. The number of aromatic nitrogens is 5. The summed E-state index contributed by atoms with van der Waals surface area (Å²) >= 11 is 1.06. The Hall–Kier alpha value is -4.04. The summed E-state index contributed by atoms with van der Waals surface area (Å²) < 4.78 is 30.0. The Kier molecular flexibility index (Phi) is 6.19. The molecular weight excluding hydrogens is 450 g/mol. The quantitative estimate of drug-likeness (QED) is 0.453. The van der Waals surface area contributed by atoms with E-state index in [4.69, 9.17) is 4.74 Å². The number of hydrogen-bond donors (Lipinski definition) is 1. The Bertz CT molecular complexity index is 1430. The van der Waals surface area contributed by atoms with E-state index >= 15 is 0 Å². The van der Waals surface area contributed by atoms with Crippen molar-refractivity contribution in [1.82, 2.24) is 24.9 Å². The molecule has 0 fully saturated rings. The Morgan fingerprint density at radius 1 is 1.06 bits per heavy atom. The third kappa shape index (κ3) is 4.91. The second-order valence-electron chi connectivity index (χ2n) is 6.82. The van der Waals surface area contributed by atoms with E-state index in [0.29, 0.717) is 27.3 Å². The highest BCUT2D eigenvalue weighted by atomic mass is 32.1. The number of thiazole rings is 1. The summed E-state index contributed by atoms with van der Waals surface area (Å²) in [6.07, 6.45) is 1.57. The minimum absolute atomic E-state index is 0.0921. The van der Waals surface area contributed by atoms with Gasteiger partial charge in [0.2, 0.25) is 0 Å². The van der Waals surface area contributed by atoms with Gasteiger partial charge in [0, 0.05) is 28.7 Å². The number of aryl methyl sites for hydroxylation is 2. The van der Waals surface area contributed by atoms with Crippen LogP contribution in [0, 0.1) is 25.7 Å². The van der Waals surface area contributed by atoms with E-state index in [-0.39, 0.29) is 16.5 Å². The number of rotatable bonds is 4. The van der Waals surface area contributed by atoms with Crippen LogP contribution in [0.15, 0.2) is 30.7 Å². The Morgan fingerprint density at radius 3 is 2.52 bits per heavy atom. The number of pyridine rings is 2. The largest absolute Gasteiger partial charge is 0.494 e.